The van der Waals surface area contributed by atoms with Gasteiger partial charge in [-0.1, -0.05) is 13.8 Å². The van der Waals surface area contributed by atoms with Crippen molar-refractivity contribution in [2.24, 2.45) is 11.1 Å². The van der Waals surface area contributed by atoms with Gasteiger partial charge in [-0.25, -0.2) is 9.97 Å². The molecule has 2 heterocycles. The van der Waals surface area contributed by atoms with E-state index >= 15 is 0 Å². The molecule has 2 aromatic heterocycles. The zero-order valence-corrected chi connectivity index (χ0v) is 12.7. The molecule has 0 saturated carbocycles. The van der Waals surface area contributed by atoms with Crippen LogP contribution in [0.5, 0.6) is 0 Å². The van der Waals surface area contributed by atoms with Crippen LogP contribution in [0, 0.1) is 12.3 Å². The fourth-order valence-corrected chi connectivity index (χ4v) is 3.20. The highest BCUT2D eigenvalue weighted by molar-refractivity contribution is 7.18. The second-order valence-corrected chi connectivity index (χ2v) is 5.96. The molecule has 0 amide bonds. The molecule has 0 fully saturated rings. The van der Waals surface area contributed by atoms with Crippen LogP contribution in [0.4, 0.5) is 5.82 Å². The second-order valence-electron chi connectivity index (χ2n) is 5.08. The summed E-state index contributed by atoms with van der Waals surface area (Å²) in [5.41, 5.74) is 8.36. The van der Waals surface area contributed by atoms with Crippen molar-refractivity contribution >= 4 is 27.4 Å². The molecule has 0 unspecified atom stereocenters. The average molecular weight is 278 g/mol. The number of fused-ring (bicyclic) bond motifs is 1. The molecule has 0 bridgehead atoms. The second kappa shape index (κ2) is 5.84. The van der Waals surface area contributed by atoms with E-state index in [1.807, 2.05) is 0 Å². The number of anilines is 1. The third-order valence-electron chi connectivity index (χ3n) is 4.09. The van der Waals surface area contributed by atoms with Gasteiger partial charge < -0.3 is 11.1 Å². The molecule has 4 nitrogen and oxygen atoms in total. The highest BCUT2D eigenvalue weighted by atomic mass is 32.1. The standard InChI is InChI=1S/C14H22N4S/c1-4-14(5-2,7-15)8-16-13-12-11(17-9-18-13)10(3)6-19-12/h6,9H,4-5,7-8,15H2,1-3H3,(H,16,17,18). The van der Waals surface area contributed by atoms with E-state index in [0.29, 0.717) is 6.54 Å². The lowest BCUT2D eigenvalue weighted by Crippen LogP contribution is -2.36. The predicted octanol–water partition coefficient (Wildman–Crippen LogP) is 3.18. The van der Waals surface area contributed by atoms with Gasteiger partial charge in [0.05, 0.1) is 10.2 Å². The van der Waals surface area contributed by atoms with Crippen molar-refractivity contribution in [3.05, 3.63) is 17.3 Å². The van der Waals surface area contributed by atoms with Gasteiger partial charge in [0.15, 0.2) is 0 Å². The maximum absolute atomic E-state index is 5.94. The van der Waals surface area contributed by atoms with Crippen molar-refractivity contribution in [3.63, 3.8) is 0 Å². The van der Waals surface area contributed by atoms with Gasteiger partial charge in [0.25, 0.3) is 0 Å². The Morgan fingerprint density at radius 3 is 2.68 bits per heavy atom. The Labute approximate surface area is 118 Å². The van der Waals surface area contributed by atoms with Crippen LogP contribution < -0.4 is 11.1 Å². The van der Waals surface area contributed by atoms with Crippen LogP contribution in [-0.2, 0) is 0 Å². The number of aromatic nitrogens is 2. The molecule has 0 aliphatic heterocycles. The average Bonchev–Trinajstić information content (AvgIpc) is 2.84. The van der Waals surface area contributed by atoms with E-state index in [9.17, 15) is 0 Å². The highest BCUT2D eigenvalue weighted by Gasteiger charge is 2.24. The fraction of sp³-hybridized carbons (Fsp3) is 0.571. The van der Waals surface area contributed by atoms with Gasteiger partial charge in [0.1, 0.15) is 12.1 Å². The minimum atomic E-state index is 0.156. The molecule has 2 rings (SSSR count). The summed E-state index contributed by atoms with van der Waals surface area (Å²) in [6.07, 6.45) is 3.78. The summed E-state index contributed by atoms with van der Waals surface area (Å²) in [7, 11) is 0. The fourth-order valence-electron chi connectivity index (χ4n) is 2.23. The Kier molecular flexibility index (Phi) is 4.37. The first-order valence-electron chi connectivity index (χ1n) is 6.78. The van der Waals surface area contributed by atoms with E-state index < -0.39 is 0 Å². The Bertz CT molecular complexity index is 537. The van der Waals surface area contributed by atoms with E-state index in [0.717, 1.165) is 35.4 Å². The lowest BCUT2D eigenvalue weighted by Gasteiger charge is -2.30. The van der Waals surface area contributed by atoms with E-state index in [1.54, 1.807) is 17.7 Å². The highest BCUT2D eigenvalue weighted by Crippen LogP contribution is 2.30. The van der Waals surface area contributed by atoms with E-state index in [4.69, 9.17) is 5.73 Å². The van der Waals surface area contributed by atoms with Crippen molar-refractivity contribution in [2.45, 2.75) is 33.6 Å². The number of hydrogen-bond donors (Lipinski definition) is 2. The Hall–Kier alpha value is -1.20. The van der Waals surface area contributed by atoms with Crippen molar-refractivity contribution < 1.29 is 0 Å². The van der Waals surface area contributed by atoms with Gasteiger partial charge in [-0.05, 0) is 42.7 Å². The molecule has 0 atom stereocenters. The first kappa shape index (κ1) is 14.2. The Morgan fingerprint density at radius 2 is 2.05 bits per heavy atom. The molecule has 0 aromatic carbocycles. The molecular weight excluding hydrogens is 256 g/mol. The molecule has 104 valence electrons. The van der Waals surface area contributed by atoms with Gasteiger partial charge in [-0.3, -0.25) is 0 Å². The minimum Gasteiger partial charge on any atom is -0.368 e. The number of nitrogens with zero attached hydrogens (tertiary/aromatic N) is 2. The maximum Gasteiger partial charge on any atom is 0.147 e. The summed E-state index contributed by atoms with van der Waals surface area (Å²) >= 11 is 1.70. The number of thiophene rings is 1. The van der Waals surface area contributed by atoms with Crippen molar-refractivity contribution in [2.75, 3.05) is 18.4 Å². The van der Waals surface area contributed by atoms with Crippen LogP contribution in [-0.4, -0.2) is 23.1 Å². The molecule has 0 radical (unpaired) electrons. The van der Waals surface area contributed by atoms with Crippen LogP contribution in [0.2, 0.25) is 0 Å². The Morgan fingerprint density at radius 1 is 1.32 bits per heavy atom. The number of aryl methyl sites for hydroxylation is 1. The van der Waals surface area contributed by atoms with Crippen molar-refractivity contribution in [1.82, 2.24) is 9.97 Å². The lowest BCUT2D eigenvalue weighted by molar-refractivity contribution is 0.294. The van der Waals surface area contributed by atoms with Crippen LogP contribution in [0.25, 0.3) is 10.2 Å². The van der Waals surface area contributed by atoms with E-state index in [1.165, 1.54) is 5.56 Å². The third kappa shape index (κ3) is 2.72. The van der Waals surface area contributed by atoms with Gasteiger partial charge in [-0.15, -0.1) is 11.3 Å². The summed E-state index contributed by atoms with van der Waals surface area (Å²) < 4.78 is 1.14. The number of nitrogens with two attached hydrogens (primary N) is 1. The molecule has 0 aliphatic rings. The van der Waals surface area contributed by atoms with Gasteiger partial charge in [0.2, 0.25) is 0 Å². The zero-order valence-electron chi connectivity index (χ0n) is 11.9. The summed E-state index contributed by atoms with van der Waals surface area (Å²) in [5, 5.41) is 5.60. The predicted molar refractivity (Wildman–Crippen MR) is 82.7 cm³/mol. The molecular formula is C14H22N4S. The molecule has 0 spiro atoms. The SMILES string of the molecule is CCC(CC)(CN)CNc1ncnc2c(C)csc12. The molecule has 2 aromatic rings. The van der Waals surface area contributed by atoms with Crippen molar-refractivity contribution in [3.8, 4) is 0 Å². The molecule has 0 saturated heterocycles. The number of nitrogens with one attached hydrogen (secondary N) is 1. The van der Waals surface area contributed by atoms with Gasteiger partial charge >= 0.3 is 0 Å². The molecule has 5 heteroatoms. The zero-order chi connectivity index (χ0) is 13.9. The minimum absolute atomic E-state index is 0.156. The molecule has 3 N–H and O–H groups in total. The molecule has 0 aliphatic carbocycles. The third-order valence-corrected chi connectivity index (χ3v) is 5.19. The summed E-state index contributed by atoms with van der Waals surface area (Å²) in [6, 6.07) is 0. The van der Waals surface area contributed by atoms with Crippen LogP contribution >= 0.6 is 11.3 Å². The van der Waals surface area contributed by atoms with Crippen LogP contribution in [0.3, 0.4) is 0 Å². The van der Waals surface area contributed by atoms with Crippen LogP contribution in [0.1, 0.15) is 32.3 Å². The summed E-state index contributed by atoms with van der Waals surface area (Å²) in [4.78, 5) is 8.71. The van der Waals surface area contributed by atoms with E-state index in [2.05, 4.69) is 41.4 Å². The first-order chi connectivity index (χ1) is 9.15. The van der Waals surface area contributed by atoms with Gasteiger partial charge in [-0.2, -0.15) is 0 Å². The van der Waals surface area contributed by atoms with Crippen molar-refractivity contribution in [1.29, 1.82) is 0 Å². The van der Waals surface area contributed by atoms with E-state index in [-0.39, 0.29) is 5.41 Å². The van der Waals surface area contributed by atoms with Crippen LogP contribution in [0.15, 0.2) is 11.7 Å². The number of rotatable bonds is 6. The van der Waals surface area contributed by atoms with Gasteiger partial charge in [0, 0.05) is 6.54 Å². The largest absolute Gasteiger partial charge is 0.368 e. The lowest BCUT2D eigenvalue weighted by atomic mass is 9.82. The smallest absolute Gasteiger partial charge is 0.147 e. The number of hydrogen-bond acceptors (Lipinski definition) is 5. The monoisotopic (exact) mass is 278 g/mol. The first-order valence-corrected chi connectivity index (χ1v) is 7.66. The normalized spacial score (nSPS) is 12.0. The summed E-state index contributed by atoms with van der Waals surface area (Å²) in [6.45, 7) is 8.04. The maximum atomic E-state index is 5.94. The Balaban J connectivity index is 2.22. The quantitative estimate of drug-likeness (QED) is 0.852. The summed E-state index contributed by atoms with van der Waals surface area (Å²) in [5.74, 6) is 0.933. The topological polar surface area (TPSA) is 63.8 Å². The molecule has 19 heavy (non-hydrogen) atoms.